The number of rotatable bonds is 4. The van der Waals surface area contributed by atoms with Crippen LogP contribution in [0.1, 0.15) is 24.0 Å². The number of carboxylic acids is 1. The van der Waals surface area contributed by atoms with Gasteiger partial charge in [0.15, 0.2) is 0 Å². The third kappa shape index (κ3) is 6.61. The lowest BCUT2D eigenvalue weighted by molar-refractivity contribution is -0.192. The fourth-order valence-corrected chi connectivity index (χ4v) is 3.31. The van der Waals surface area contributed by atoms with Crippen LogP contribution in [0.15, 0.2) is 60.7 Å². The number of nitriles is 1. The minimum Gasteiger partial charge on any atom is -0.475 e. The normalized spacial score (nSPS) is 16.2. The maximum absolute atomic E-state index is 10.6. The molecule has 1 heterocycles. The van der Waals surface area contributed by atoms with Crippen LogP contribution in [0, 0.1) is 11.3 Å². The molecule has 0 unspecified atom stereocenters. The van der Waals surface area contributed by atoms with Crippen LogP contribution in [0.4, 0.5) is 13.2 Å². The number of halogens is 3. The number of hydrogen-bond donors (Lipinski definition) is 1. The fraction of sp³-hybridized carbons (Fsp3) is 0.364. The van der Waals surface area contributed by atoms with E-state index in [2.05, 4.69) is 53.4 Å². The minimum absolute atomic E-state index is 0.287. The van der Waals surface area contributed by atoms with Crippen LogP contribution in [0.5, 0.6) is 0 Å². The lowest BCUT2D eigenvalue weighted by atomic mass is 9.74. The van der Waals surface area contributed by atoms with Crippen molar-refractivity contribution in [2.45, 2.75) is 30.9 Å². The van der Waals surface area contributed by atoms with Crippen LogP contribution in [0.2, 0.25) is 0 Å². The van der Waals surface area contributed by atoms with Crippen LogP contribution in [0.3, 0.4) is 0 Å². The summed E-state index contributed by atoms with van der Waals surface area (Å²) in [4.78, 5) is 11.4. The minimum atomic E-state index is -5.08. The number of piperidine rings is 1. The van der Waals surface area contributed by atoms with Gasteiger partial charge in [-0.1, -0.05) is 60.7 Å². The highest BCUT2D eigenvalue weighted by Gasteiger charge is 2.38. The van der Waals surface area contributed by atoms with Crippen LogP contribution in [-0.4, -0.2) is 41.8 Å². The van der Waals surface area contributed by atoms with Crippen molar-refractivity contribution in [3.05, 3.63) is 71.8 Å². The van der Waals surface area contributed by atoms with Crippen LogP contribution >= 0.6 is 0 Å². The molecule has 0 aliphatic carbocycles. The summed E-state index contributed by atoms with van der Waals surface area (Å²) in [5.41, 5.74) is 2.28. The molecule has 29 heavy (non-hydrogen) atoms. The van der Waals surface area contributed by atoms with Gasteiger partial charge in [-0.25, -0.2) is 4.79 Å². The van der Waals surface area contributed by atoms with Crippen molar-refractivity contribution in [2.75, 3.05) is 19.6 Å². The van der Waals surface area contributed by atoms with Gasteiger partial charge in [0.25, 0.3) is 0 Å². The number of nitrogens with zero attached hydrogens (tertiary/aromatic N) is 2. The highest BCUT2D eigenvalue weighted by Crippen LogP contribution is 2.34. The number of carboxylic acid groups (broad SMARTS) is 1. The lowest BCUT2D eigenvalue weighted by Gasteiger charge is -2.37. The van der Waals surface area contributed by atoms with Gasteiger partial charge < -0.3 is 10.0 Å². The molecular weight excluding hydrogens is 381 g/mol. The summed E-state index contributed by atoms with van der Waals surface area (Å²) in [5.74, 6) is -2.76. The van der Waals surface area contributed by atoms with Gasteiger partial charge in [0.05, 0.1) is 11.5 Å². The molecule has 2 aromatic rings. The molecule has 3 rings (SSSR count). The Balaban J connectivity index is 0.000000370. The number of likely N-dealkylation sites (tertiary alicyclic amines) is 1. The van der Waals surface area contributed by atoms with E-state index in [1.165, 1.54) is 11.1 Å². The maximum atomic E-state index is 10.6. The predicted octanol–water partition coefficient (Wildman–Crippen LogP) is 4.42. The molecule has 1 saturated heterocycles. The first kappa shape index (κ1) is 22.4. The maximum Gasteiger partial charge on any atom is 0.490 e. The van der Waals surface area contributed by atoms with E-state index < -0.39 is 12.1 Å². The van der Waals surface area contributed by atoms with Gasteiger partial charge in [-0.2, -0.15) is 18.4 Å². The topological polar surface area (TPSA) is 64.3 Å². The summed E-state index contributed by atoms with van der Waals surface area (Å²) in [6.45, 7) is 3.10. The monoisotopic (exact) mass is 404 g/mol. The average Bonchev–Trinajstić information content (AvgIpc) is 2.74. The molecule has 0 radical (unpaired) electrons. The molecule has 154 valence electrons. The first-order valence-corrected chi connectivity index (χ1v) is 9.30. The first-order chi connectivity index (χ1) is 13.8. The van der Waals surface area contributed by atoms with E-state index in [4.69, 9.17) is 9.90 Å². The van der Waals surface area contributed by atoms with Gasteiger partial charge in [-0.3, -0.25) is 0 Å². The Morgan fingerprint density at radius 1 is 1.03 bits per heavy atom. The zero-order chi connectivity index (χ0) is 21.3. The van der Waals surface area contributed by atoms with E-state index in [1.807, 2.05) is 18.2 Å². The Morgan fingerprint density at radius 3 is 1.97 bits per heavy atom. The van der Waals surface area contributed by atoms with Crippen molar-refractivity contribution < 1.29 is 23.1 Å². The summed E-state index contributed by atoms with van der Waals surface area (Å²) in [6, 6.07) is 23.5. The number of carbonyl (C=O) groups is 1. The van der Waals surface area contributed by atoms with Crippen molar-refractivity contribution in [1.29, 1.82) is 5.26 Å². The standard InChI is InChI=1S/C20H22N2.C2HF3O2/c21-17-20(19-9-5-2-6-10-19)12-15-22(16-13-20)14-11-18-7-3-1-4-8-18;3-2(4,5)1(6)7/h1-10H,11-16H2;(H,6,7). The summed E-state index contributed by atoms with van der Waals surface area (Å²) >= 11 is 0. The highest BCUT2D eigenvalue weighted by atomic mass is 19.4. The zero-order valence-electron chi connectivity index (χ0n) is 15.9. The molecule has 0 amide bonds. The number of alkyl halides is 3. The Hall–Kier alpha value is -2.85. The van der Waals surface area contributed by atoms with Crippen LogP contribution < -0.4 is 0 Å². The van der Waals surface area contributed by atoms with Crippen molar-refractivity contribution in [3.63, 3.8) is 0 Å². The second-order valence-electron chi connectivity index (χ2n) is 6.94. The summed E-state index contributed by atoms with van der Waals surface area (Å²) in [6.07, 6.45) is -2.13. The quantitative estimate of drug-likeness (QED) is 0.819. The van der Waals surface area contributed by atoms with E-state index in [1.54, 1.807) is 0 Å². The van der Waals surface area contributed by atoms with Gasteiger partial charge in [0.2, 0.25) is 0 Å². The number of benzene rings is 2. The molecule has 1 fully saturated rings. The summed E-state index contributed by atoms with van der Waals surface area (Å²) in [5, 5.41) is 16.8. The molecule has 1 aliphatic heterocycles. The molecule has 4 nitrogen and oxygen atoms in total. The van der Waals surface area contributed by atoms with E-state index in [-0.39, 0.29) is 5.41 Å². The molecule has 0 spiro atoms. The Bertz CT molecular complexity index is 809. The Morgan fingerprint density at radius 2 is 1.52 bits per heavy atom. The van der Waals surface area contributed by atoms with Gasteiger partial charge in [-0.15, -0.1) is 0 Å². The molecule has 1 N–H and O–H groups in total. The smallest absolute Gasteiger partial charge is 0.475 e. The van der Waals surface area contributed by atoms with Gasteiger partial charge in [0.1, 0.15) is 0 Å². The summed E-state index contributed by atoms with van der Waals surface area (Å²) < 4.78 is 31.7. The largest absolute Gasteiger partial charge is 0.490 e. The lowest BCUT2D eigenvalue weighted by Crippen LogP contribution is -2.42. The fourth-order valence-electron chi connectivity index (χ4n) is 3.31. The van der Waals surface area contributed by atoms with Crippen molar-refractivity contribution in [3.8, 4) is 6.07 Å². The van der Waals surface area contributed by atoms with Crippen molar-refractivity contribution in [1.82, 2.24) is 4.90 Å². The van der Waals surface area contributed by atoms with E-state index in [0.717, 1.165) is 38.9 Å². The van der Waals surface area contributed by atoms with E-state index in [9.17, 15) is 18.4 Å². The van der Waals surface area contributed by atoms with Gasteiger partial charge >= 0.3 is 12.1 Å². The third-order valence-corrected chi connectivity index (χ3v) is 5.05. The van der Waals surface area contributed by atoms with Gasteiger partial charge in [-0.05, 0) is 43.5 Å². The number of hydrogen-bond acceptors (Lipinski definition) is 3. The van der Waals surface area contributed by atoms with Gasteiger partial charge in [0, 0.05) is 6.54 Å². The van der Waals surface area contributed by atoms with E-state index in [0.29, 0.717) is 0 Å². The third-order valence-electron chi connectivity index (χ3n) is 5.05. The molecule has 0 aromatic heterocycles. The summed E-state index contributed by atoms with van der Waals surface area (Å²) in [7, 11) is 0. The van der Waals surface area contributed by atoms with Crippen LogP contribution in [-0.2, 0) is 16.6 Å². The van der Waals surface area contributed by atoms with Crippen molar-refractivity contribution in [2.24, 2.45) is 0 Å². The molecule has 7 heteroatoms. The Kier molecular flexibility index (Phi) is 7.80. The predicted molar refractivity (Wildman–Crippen MR) is 103 cm³/mol. The Labute approximate surface area is 168 Å². The highest BCUT2D eigenvalue weighted by molar-refractivity contribution is 5.73. The molecule has 0 atom stereocenters. The van der Waals surface area contributed by atoms with Crippen molar-refractivity contribution >= 4 is 5.97 Å². The molecule has 0 saturated carbocycles. The number of aliphatic carboxylic acids is 1. The average molecular weight is 404 g/mol. The second-order valence-corrected chi connectivity index (χ2v) is 6.94. The molecule has 0 bridgehead atoms. The zero-order valence-corrected chi connectivity index (χ0v) is 15.9. The van der Waals surface area contributed by atoms with E-state index >= 15 is 0 Å². The molecule has 2 aromatic carbocycles. The van der Waals surface area contributed by atoms with Crippen LogP contribution in [0.25, 0.3) is 0 Å². The molecular formula is C22H23F3N2O2. The SMILES string of the molecule is N#CC1(c2ccccc2)CCN(CCc2ccccc2)CC1.O=C(O)C(F)(F)F. The molecule has 1 aliphatic rings. The second kappa shape index (κ2) is 10.1. The first-order valence-electron chi connectivity index (χ1n) is 9.30.